The summed E-state index contributed by atoms with van der Waals surface area (Å²) in [4.78, 5) is 23.9. The summed E-state index contributed by atoms with van der Waals surface area (Å²) in [5.41, 5.74) is -0.685. The molecule has 1 amide bonds. The van der Waals surface area contributed by atoms with Crippen molar-refractivity contribution < 1.29 is 41.0 Å². The Hall–Kier alpha value is -3.82. The summed E-state index contributed by atoms with van der Waals surface area (Å²) in [6.07, 6.45) is -6.36. The molecule has 2 bridgehead atoms. The Morgan fingerprint density at radius 3 is 2.19 bits per heavy atom. The lowest BCUT2D eigenvalue weighted by Crippen LogP contribution is -2.51. The first-order chi connectivity index (χ1) is 17.2. The zero-order valence-corrected chi connectivity index (χ0v) is 19.1. The van der Waals surface area contributed by atoms with E-state index in [0.717, 1.165) is 42.6 Å². The number of nitrogens with zero attached hydrogens (tertiary/aromatic N) is 5. The summed E-state index contributed by atoms with van der Waals surface area (Å²) >= 11 is 0. The van der Waals surface area contributed by atoms with E-state index in [0.29, 0.717) is 17.6 Å². The molecule has 0 aromatic carbocycles. The van der Waals surface area contributed by atoms with Crippen LogP contribution in [0, 0.1) is 0 Å². The Morgan fingerprint density at radius 1 is 1.03 bits per heavy atom. The standard InChI is InChI=1S/C19H20F3N7O.C2HF3O2/c1-27-10-14(17(26-27)19(20,21)22)24-18(30)15-6-4-13-5-7-16(25-29(13)15)28-8-11-2-3-12(9-28)23-11;3-2(4,5)1(6)7/h4-7,10-12,23H,2-3,8-9H2,1H3,(H,24,30);(H,6,7). The highest BCUT2D eigenvalue weighted by atomic mass is 19.4. The number of amides is 1. The van der Waals surface area contributed by atoms with Gasteiger partial charge in [-0.05, 0) is 37.1 Å². The van der Waals surface area contributed by atoms with E-state index >= 15 is 0 Å². The summed E-state index contributed by atoms with van der Waals surface area (Å²) in [6.45, 7) is 1.67. The highest BCUT2D eigenvalue weighted by molar-refractivity contribution is 6.04. The molecule has 2 atom stereocenters. The zero-order chi connectivity index (χ0) is 27.1. The summed E-state index contributed by atoms with van der Waals surface area (Å²) in [6, 6.07) is 7.88. The number of nitrogens with one attached hydrogen (secondary N) is 2. The SMILES string of the molecule is Cn1cc(NC(=O)c2ccc3ccc(N4CC5CCC(C4)N5)nn23)c(C(F)(F)F)n1.O=C(O)C(F)(F)F. The van der Waals surface area contributed by atoms with E-state index in [1.54, 1.807) is 12.1 Å². The number of aromatic nitrogens is 4. The van der Waals surface area contributed by atoms with Crippen LogP contribution in [0.5, 0.6) is 0 Å². The van der Waals surface area contributed by atoms with Crippen molar-refractivity contribution >= 4 is 28.9 Å². The largest absolute Gasteiger partial charge is 0.490 e. The van der Waals surface area contributed by atoms with Crippen LogP contribution in [0.2, 0.25) is 0 Å². The Labute approximate surface area is 204 Å². The molecular formula is C21H21F6N7O3. The zero-order valence-electron chi connectivity index (χ0n) is 19.1. The van der Waals surface area contributed by atoms with Gasteiger partial charge >= 0.3 is 18.3 Å². The van der Waals surface area contributed by atoms with Gasteiger partial charge in [-0.2, -0.15) is 31.4 Å². The third-order valence-corrected chi connectivity index (χ3v) is 5.85. The molecule has 3 aromatic heterocycles. The fourth-order valence-corrected chi connectivity index (χ4v) is 4.28. The molecule has 2 aliphatic heterocycles. The molecule has 200 valence electrons. The first-order valence-electron chi connectivity index (χ1n) is 10.9. The number of anilines is 2. The molecule has 3 N–H and O–H groups in total. The van der Waals surface area contributed by atoms with E-state index in [-0.39, 0.29) is 11.4 Å². The number of piperazine rings is 1. The van der Waals surface area contributed by atoms with Gasteiger partial charge in [-0.15, -0.1) is 5.10 Å². The molecule has 5 heterocycles. The number of fused-ring (bicyclic) bond motifs is 3. The second-order valence-electron chi connectivity index (χ2n) is 8.61. The number of aliphatic carboxylic acids is 1. The van der Waals surface area contributed by atoms with E-state index in [1.165, 1.54) is 11.6 Å². The fraction of sp³-hybridized carbons (Fsp3) is 0.429. The van der Waals surface area contributed by atoms with E-state index < -0.39 is 29.9 Å². The molecule has 10 nitrogen and oxygen atoms in total. The number of carboxylic acid groups (broad SMARTS) is 1. The topological polar surface area (TPSA) is 117 Å². The molecule has 2 aliphatic rings. The minimum atomic E-state index is -5.08. The van der Waals surface area contributed by atoms with E-state index in [9.17, 15) is 31.1 Å². The Morgan fingerprint density at radius 2 is 1.62 bits per heavy atom. The third-order valence-electron chi connectivity index (χ3n) is 5.85. The molecule has 0 spiro atoms. The number of carboxylic acids is 1. The number of carbonyl (C=O) groups is 2. The second kappa shape index (κ2) is 9.57. The minimum absolute atomic E-state index is 0.155. The maximum absolute atomic E-state index is 13.2. The smallest absolute Gasteiger partial charge is 0.475 e. The minimum Gasteiger partial charge on any atom is -0.475 e. The molecule has 37 heavy (non-hydrogen) atoms. The summed E-state index contributed by atoms with van der Waals surface area (Å²) in [5, 5.41) is 21.0. The number of hydrogen-bond acceptors (Lipinski definition) is 6. The highest BCUT2D eigenvalue weighted by Crippen LogP contribution is 2.33. The molecule has 2 saturated heterocycles. The Balaban J connectivity index is 0.000000405. The number of hydrogen-bond donors (Lipinski definition) is 3. The predicted octanol–water partition coefficient (Wildman–Crippen LogP) is 2.91. The molecule has 0 saturated carbocycles. The first-order valence-corrected chi connectivity index (χ1v) is 10.9. The lowest BCUT2D eigenvalue weighted by Gasteiger charge is -2.33. The molecule has 16 heteroatoms. The average Bonchev–Trinajstić information content (AvgIpc) is 3.49. The lowest BCUT2D eigenvalue weighted by molar-refractivity contribution is -0.192. The van der Waals surface area contributed by atoms with Crippen molar-refractivity contribution in [1.82, 2.24) is 24.7 Å². The van der Waals surface area contributed by atoms with Crippen LogP contribution in [0.1, 0.15) is 29.0 Å². The molecule has 2 unspecified atom stereocenters. The van der Waals surface area contributed by atoms with Crippen LogP contribution in [0.15, 0.2) is 30.5 Å². The van der Waals surface area contributed by atoms with Gasteiger partial charge in [0.1, 0.15) is 11.5 Å². The van der Waals surface area contributed by atoms with Crippen LogP contribution in [0.25, 0.3) is 5.52 Å². The third kappa shape index (κ3) is 5.79. The van der Waals surface area contributed by atoms with Crippen molar-refractivity contribution in [3.8, 4) is 0 Å². The van der Waals surface area contributed by atoms with Crippen LogP contribution in [-0.4, -0.2) is 67.7 Å². The van der Waals surface area contributed by atoms with Gasteiger partial charge in [-0.1, -0.05) is 0 Å². The summed E-state index contributed by atoms with van der Waals surface area (Å²) in [5.74, 6) is -2.70. The van der Waals surface area contributed by atoms with Crippen LogP contribution >= 0.6 is 0 Å². The highest BCUT2D eigenvalue weighted by Gasteiger charge is 2.39. The van der Waals surface area contributed by atoms with E-state index in [1.807, 2.05) is 12.1 Å². The van der Waals surface area contributed by atoms with Crippen molar-refractivity contribution in [2.45, 2.75) is 37.3 Å². The summed E-state index contributed by atoms with van der Waals surface area (Å²) in [7, 11) is 1.37. The average molecular weight is 533 g/mol. The van der Waals surface area contributed by atoms with Crippen LogP contribution in [0.3, 0.4) is 0 Å². The molecule has 5 rings (SSSR count). The predicted molar refractivity (Wildman–Crippen MR) is 117 cm³/mol. The normalized spacial score (nSPS) is 19.5. The molecular weight excluding hydrogens is 512 g/mol. The number of carbonyl (C=O) groups excluding carboxylic acids is 1. The van der Waals surface area contributed by atoms with E-state index in [4.69, 9.17) is 9.90 Å². The van der Waals surface area contributed by atoms with E-state index in [2.05, 4.69) is 25.7 Å². The van der Waals surface area contributed by atoms with Crippen LogP contribution in [0.4, 0.5) is 37.8 Å². The van der Waals surface area contributed by atoms with Crippen molar-refractivity contribution in [1.29, 1.82) is 0 Å². The van der Waals surface area contributed by atoms with Crippen molar-refractivity contribution in [3.63, 3.8) is 0 Å². The Kier molecular flexibility index (Phi) is 6.79. The van der Waals surface area contributed by atoms with Crippen molar-refractivity contribution in [2.75, 3.05) is 23.3 Å². The monoisotopic (exact) mass is 533 g/mol. The second-order valence-corrected chi connectivity index (χ2v) is 8.61. The van der Waals surface area contributed by atoms with Gasteiger partial charge in [0.05, 0.1) is 11.2 Å². The molecule has 2 fully saturated rings. The van der Waals surface area contributed by atoms with Crippen LogP contribution < -0.4 is 15.5 Å². The number of alkyl halides is 6. The van der Waals surface area contributed by atoms with Crippen LogP contribution in [-0.2, 0) is 18.0 Å². The van der Waals surface area contributed by atoms with Crippen molar-refractivity contribution in [2.24, 2.45) is 7.05 Å². The van der Waals surface area contributed by atoms with Gasteiger partial charge in [0, 0.05) is 38.4 Å². The van der Waals surface area contributed by atoms with Gasteiger partial charge in [0.15, 0.2) is 5.69 Å². The first kappa shape index (κ1) is 26.2. The maximum Gasteiger partial charge on any atom is 0.490 e. The van der Waals surface area contributed by atoms with Gasteiger partial charge in [0.25, 0.3) is 5.91 Å². The summed E-state index contributed by atoms with van der Waals surface area (Å²) < 4.78 is 73.8. The quantitative estimate of drug-likeness (QED) is 0.444. The fourth-order valence-electron chi connectivity index (χ4n) is 4.28. The van der Waals surface area contributed by atoms with Gasteiger partial charge in [0.2, 0.25) is 0 Å². The molecule has 0 aliphatic carbocycles. The van der Waals surface area contributed by atoms with Gasteiger partial charge in [-0.25, -0.2) is 9.31 Å². The molecule has 3 aromatic rings. The Bertz CT molecular complexity index is 1300. The lowest BCUT2D eigenvalue weighted by atomic mass is 10.2. The van der Waals surface area contributed by atoms with Gasteiger partial charge in [-0.3, -0.25) is 9.48 Å². The van der Waals surface area contributed by atoms with Gasteiger partial charge < -0.3 is 20.6 Å². The number of halogens is 6. The maximum atomic E-state index is 13.2. The molecule has 0 radical (unpaired) electrons. The van der Waals surface area contributed by atoms with Crippen molar-refractivity contribution in [3.05, 3.63) is 41.9 Å². The number of rotatable bonds is 3. The number of aryl methyl sites for hydroxylation is 1.